The summed E-state index contributed by atoms with van der Waals surface area (Å²) >= 11 is 1.10. The topological polar surface area (TPSA) is 155 Å². The predicted octanol–water partition coefficient (Wildman–Crippen LogP) is 6.77. The van der Waals surface area contributed by atoms with Gasteiger partial charge in [0.25, 0.3) is 0 Å². The SMILES string of the molecule is N#Cc1c(-c2ccccc2)cc(-c2ccccc2)nc1SCC(=O)NN=Cc1c(O)c([N+](=O)[O-])cc2oc3c(c12)CCCC3. The second-order valence-corrected chi connectivity index (χ2v) is 11.1. The van der Waals surface area contributed by atoms with Crippen LogP contribution < -0.4 is 5.43 Å². The number of rotatable bonds is 8. The highest BCUT2D eigenvalue weighted by atomic mass is 32.2. The molecule has 2 aromatic heterocycles. The summed E-state index contributed by atoms with van der Waals surface area (Å²) in [6, 6.07) is 24.4. The highest BCUT2D eigenvalue weighted by Gasteiger charge is 2.27. The van der Waals surface area contributed by atoms with E-state index >= 15 is 0 Å². The van der Waals surface area contributed by atoms with Gasteiger partial charge in [0.2, 0.25) is 11.7 Å². The number of hydrazone groups is 1. The first kappa shape index (κ1) is 28.6. The first-order valence-corrected chi connectivity index (χ1v) is 14.9. The van der Waals surface area contributed by atoms with Gasteiger partial charge in [-0.15, -0.1) is 0 Å². The number of nitrogens with one attached hydrogen (secondary N) is 1. The number of fused-ring (bicyclic) bond motifs is 3. The number of nitro groups is 1. The van der Waals surface area contributed by atoms with E-state index in [4.69, 9.17) is 9.40 Å². The molecule has 44 heavy (non-hydrogen) atoms. The van der Waals surface area contributed by atoms with Gasteiger partial charge in [-0.05, 0) is 30.9 Å². The number of nitro benzene ring substituents is 1. The van der Waals surface area contributed by atoms with Gasteiger partial charge in [0, 0.05) is 28.5 Å². The molecule has 5 aromatic rings. The molecule has 11 heteroatoms. The first-order valence-electron chi connectivity index (χ1n) is 13.9. The van der Waals surface area contributed by atoms with Gasteiger partial charge in [0.1, 0.15) is 22.4 Å². The number of nitrogens with zero attached hydrogens (tertiary/aromatic N) is 4. The number of carbonyl (C=O) groups is 1. The molecule has 0 fully saturated rings. The number of aromatic nitrogens is 1. The number of hydrogen-bond donors (Lipinski definition) is 2. The number of thioether (sulfide) groups is 1. The zero-order chi connectivity index (χ0) is 30.6. The average molecular weight is 604 g/mol. The number of hydrogen-bond acceptors (Lipinski definition) is 9. The van der Waals surface area contributed by atoms with Crippen molar-refractivity contribution in [2.24, 2.45) is 5.10 Å². The molecule has 0 aliphatic heterocycles. The first-order chi connectivity index (χ1) is 21.4. The molecule has 1 aliphatic rings. The van der Waals surface area contributed by atoms with Crippen LogP contribution in [0.3, 0.4) is 0 Å². The molecule has 0 spiro atoms. The van der Waals surface area contributed by atoms with E-state index in [2.05, 4.69) is 16.6 Å². The van der Waals surface area contributed by atoms with E-state index in [-0.39, 0.29) is 11.3 Å². The molecule has 2 heterocycles. The molecule has 0 radical (unpaired) electrons. The van der Waals surface area contributed by atoms with Crippen LogP contribution in [0.4, 0.5) is 5.69 Å². The van der Waals surface area contributed by atoms with Crippen molar-refractivity contribution in [1.29, 1.82) is 5.26 Å². The number of benzene rings is 3. The Morgan fingerprint density at radius 3 is 2.52 bits per heavy atom. The smallest absolute Gasteiger partial charge is 0.315 e. The minimum Gasteiger partial charge on any atom is -0.502 e. The molecular weight excluding hydrogens is 578 g/mol. The minimum absolute atomic E-state index is 0.108. The van der Waals surface area contributed by atoms with Crippen molar-refractivity contribution in [2.75, 3.05) is 5.75 Å². The third kappa shape index (κ3) is 5.63. The Balaban J connectivity index is 1.27. The van der Waals surface area contributed by atoms with E-state index < -0.39 is 22.3 Å². The summed E-state index contributed by atoms with van der Waals surface area (Å²) in [5.41, 5.74) is 6.68. The van der Waals surface area contributed by atoms with E-state index in [1.165, 1.54) is 12.3 Å². The fourth-order valence-electron chi connectivity index (χ4n) is 5.37. The second-order valence-electron chi connectivity index (χ2n) is 10.2. The van der Waals surface area contributed by atoms with Gasteiger partial charge in [-0.2, -0.15) is 10.4 Å². The fraction of sp³-hybridized carbons (Fsp3) is 0.152. The van der Waals surface area contributed by atoms with E-state index in [9.17, 15) is 25.3 Å². The molecule has 3 aromatic carbocycles. The monoisotopic (exact) mass is 603 g/mol. The Labute approximate surface area is 256 Å². The summed E-state index contributed by atoms with van der Waals surface area (Å²) in [6.07, 6.45) is 4.51. The third-order valence-electron chi connectivity index (χ3n) is 7.41. The van der Waals surface area contributed by atoms with Gasteiger partial charge in [-0.1, -0.05) is 72.4 Å². The van der Waals surface area contributed by atoms with Crippen LogP contribution in [0.1, 0.15) is 35.3 Å². The van der Waals surface area contributed by atoms with Crippen molar-refractivity contribution in [3.8, 4) is 34.2 Å². The van der Waals surface area contributed by atoms with Crippen LogP contribution >= 0.6 is 11.8 Å². The van der Waals surface area contributed by atoms with Gasteiger partial charge >= 0.3 is 5.69 Å². The van der Waals surface area contributed by atoms with Gasteiger partial charge < -0.3 is 9.52 Å². The van der Waals surface area contributed by atoms with Crippen LogP contribution in [0.2, 0.25) is 0 Å². The lowest BCUT2D eigenvalue weighted by Crippen LogP contribution is -2.20. The van der Waals surface area contributed by atoms with Gasteiger partial charge in [0.05, 0.1) is 39.8 Å². The number of carbonyl (C=O) groups excluding carboxylic acids is 1. The van der Waals surface area contributed by atoms with Gasteiger partial charge in [-0.25, -0.2) is 10.4 Å². The Morgan fingerprint density at radius 2 is 1.82 bits per heavy atom. The zero-order valence-electron chi connectivity index (χ0n) is 23.3. The number of nitriles is 1. The van der Waals surface area contributed by atoms with Crippen LogP contribution in [0, 0.1) is 21.4 Å². The molecule has 1 aliphatic carbocycles. The molecule has 6 rings (SSSR count). The predicted molar refractivity (Wildman–Crippen MR) is 167 cm³/mol. The van der Waals surface area contributed by atoms with Crippen LogP contribution in [0.25, 0.3) is 33.4 Å². The molecule has 218 valence electrons. The minimum atomic E-state index is -0.685. The van der Waals surface area contributed by atoms with Crippen molar-refractivity contribution in [1.82, 2.24) is 10.4 Å². The molecule has 0 unspecified atom stereocenters. The van der Waals surface area contributed by atoms with Crippen molar-refractivity contribution >= 4 is 40.5 Å². The van der Waals surface area contributed by atoms with Crippen molar-refractivity contribution in [3.63, 3.8) is 0 Å². The van der Waals surface area contributed by atoms with Gasteiger partial charge in [0.15, 0.2) is 0 Å². The Kier molecular flexibility index (Phi) is 8.08. The lowest BCUT2D eigenvalue weighted by Gasteiger charge is -2.12. The van der Waals surface area contributed by atoms with E-state index in [0.29, 0.717) is 45.7 Å². The summed E-state index contributed by atoms with van der Waals surface area (Å²) in [4.78, 5) is 28.5. The maximum Gasteiger partial charge on any atom is 0.315 e. The number of aromatic hydroxyl groups is 1. The van der Waals surface area contributed by atoms with Crippen molar-refractivity contribution < 1.29 is 19.2 Å². The summed E-state index contributed by atoms with van der Waals surface area (Å²) in [6.45, 7) is 0. The zero-order valence-corrected chi connectivity index (χ0v) is 24.1. The maximum absolute atomic E-state index is 12.9. The number of phenolic OH excluding ortho intramolecular Hbond substituents is 1. The number of aryl methyl sites for hydroxylation is 2. The Hall–Kier alpha value is -5.47. The molecule has 0 atom stereocenters. The van der Waals surface area contributed by atoms with Crippen LogP contribution in [0.15, 0.2) is 87.3 Å². The molecule has 2 N–H and O–H groups in total. The highest BCUT2D eigenvalue weighted by molar-refractivity contribution is 8.00. The molecular formula is C33H25N5O5S. The second kappa shape index (κ2) is 12.4. The van der Waals surface area contributed by atoms with E-state index in [1.54, 1.807) is 0 Å². The Morgan fingerprint density at radius 1 is 1.11 bits per heavy atom. The fourth-order valence-corrected chi connectivity index (χ4v) is 6.16. The van der Waals surface area contributed by atoms with Gasteiger partial charge in [-0.3, -0.25) is 14.9 Å². The molecule has 0 saturated heterocycles. The quantitative estimate of drug-likeness (QED) is 0.0852. The number of phenols is 1. The van der Waals surface area contributed by atoms with Crippen LogP contribution in [0.5, 0.6) is 5.75 Å². The largest absolute Gasteiger partial charge is 0.502 e. The number of amides is 1. The molecule has 0 saturated carbocycles. The summed E-state index contributed by atoms with van der Waals surface area (Å²) < 4.78 is 5.90. The molecule has 0 bridgehead atoms. The summed E-state index contributed by atoms with van der Waals surface area (Å²) in [7, 11) is 0. The maximum atomic E-state index is 12.9. The normalized spacial score (nSPS) is 12.6. The summed E-state index contributed by atoms with van der Waals surface area (Å²) in [5.74, 6) is -0.394. The highest BCUT2D eigenvalue weighted by Crippen LogP contribution is 2.41. The molecule has 1 amide bonds. The standard InChI is InChI=1S/C33H25N5O5S/c34-17-24-23(20-9-3-1-4-10-20)15-26(21-11-5-2-6-12-21)36-33(24)44-19-30(39)37-35-18-25-31-22-13-7-8-14-28(22)43-29(31)16-27(32(25)40)38(41)42/h1-6,9-12,15-16,18,40H,7-8,13-14,19H2,(H,37,39). The number of furan rings is 1. The lowest BCUT2D eigenvalue weighted by molar-refractivity contribution is -0.385. The lowest BCUT2D eigenvalue weighted by atomic mass is 9.93. The average Bonchev–Trinajstić information content (AvgIpc) is 3.43. The number of pyridine rings is 1. The van der Waals surface area contributed by atoms with Crippen molar-refractivity contribution in [3.05, 3.63) is 105 Å². The molecule has 10 nitrogen and oxygen atoms in total. The van der Waals surface area contributed by atoms with E-state index in [0.717, 1.165) is 47.1 Å². The van der Waals surface area contributed by atoms with Crippen LogP contribution in [-0.4, -0.2) is 32.9 Å². The van der Waals surface area contributed by atoms with Crippen LogP contribution in [-0.2, 0) is 17.6 Å². The van der Waals surface area contributed by atoms with E-state index in [1.807, 2.05) is 66.7 Å². The van der Waals surface area contributed by atoms with Crippen molar-refractivity contribution in [2.45, 2.75) is 30.7 Å². The third-order valence-corrected chi connectivity index (χ3v) is 8.38. The Bertz CT molecular complexity index is 1970. The summed E-state index contributed by atoms with van der Waals surface area (Å²) in [5, 5.41) is 37.4.